The second-order valence-electron chi connectivity index (χ2n) is 6.46. The Morgan fingerprint density at radius 1 is 1.42 bits per heavy atom. The molecule has 0 aromatic heterocycles. The molecule has 2 aliphatic rings. The zero-order chi connectivity index (χ0) is 17.3. The number of halogens is 1. The molecular weight excluding hydrogens is 317 g/mol. The van der Waals surface area contributed by atoms with E-state index in [-0.39, 0.29) is 23.0 Å². The van der Waals surface area contributed by atoms with Gasteiger partial charge >= 0.3 is 5.97 Å². The molecule has 3 rings (SSSR count). The van der Waals surface area contributed by atoms with Crippen LogP contribution >= 0.6 is 0 Å². The third-order valence-electron chi connectivity index (χ3n) is 4.85. The van der Waals surface area contributed by atoms with Crippen molar-refractivity contribution >= 4 is 17.6 Å². The first-order valence-electron chi connectivity index (χ1n) is 7.99. The average Bonchev–Trinajstić information content (AvgIpc) is 3.23. The lowest BCUT2D eigenvalue weighted by atomic mass is 9.93. The number of anilines is 1. The molecule has 2 fully saturated rings. The van der Waals surface area contributed by atoms with E-state index in [0.29, 0.717) is 18.9 Å². The van der Waals surface area contributed by atoms with Gasteiger partial charge in [-0.05, 0) is 43.7 Å². The summed E-state index contributed by atoms with van der Waals surface area (Å²) in [5.74, 6) is -2.20. The summed E-state index contributed by atoms with van der Waals surface area (Å²) in [5.41, 5.74) is 0.392. The second-order valence-corrected chi connectivity index (χ2v) is 6.46. The Labute approximate surface area is 138 Å². The number of nitrogens with one attached hydrogen (secondary N) is 1. The number of amides is 1. The van der Waals surface area contributed by atoms with Gasteiger partial charge in [-0.2, -0.15) is 0 Å². The summed E-state index contributed by atoms with van der Waals surface area (Å²) in [6.07, 6.45) is 1.47. The van der Waals surface area contributed by atoms with Crippen LogP contribution in [0.3, 0.4) is 0 Å². The Morgan fingerprint density at radius 3 is 2.75 bits per heavy atom. The van der Waals surface area contributed by atoms with Crippen molar-refractivity contribution in [2.24, 2.45) is 11.3 Å². The number of carbonyl (C=O) groups excluding carboxylic acids is 1. The largest absolute Gasteiger partial charge is 0.479 e. The van der Waals surface area contributed by atoms with Crippen molar-refractivity contribution in [3.8, 4) is 5.75 Å². The maximum atomic E-state index is 14.0. The lowest BCUT2D eigenvalue weighted by molar-refractivity contribution is -0.144. The molecule has 1 saturated carbocycles. The normalized spacial score (nSPS) is 22.7. The minimum atomic E-state index is -1.18. The quantitative estimate of drug-likeness (QED) is 0.862. The average molecular weight is 337 g/mol. The second kappa shape index (κ2) is 6.39. The first kappa shape index (κ1) is 16.7. The van der Waals surface area contributed by atoms with E-state index >= 15 is 0 Å². The van der Waals surface area contributed by atoms with Gasteiger partial charge in [-0.15, -0.1) is 0 Å². The molecule has 130 valence electrons. The number of ether oxygens (including phenoxy) is 2. The van der Waals surface area contributed by atoms with E-state index in [1.165, 1.54) is 19.1 Å². The number of carbonyl (C=O) groups is 2. The van der Waals surface area contributed by atoms with Crippen LogP contribution in [0.1, 0.15) is 26.2 Å². The number of hydrogen-bond acceptors (Lipinski definition) is 4. The number of benzene rings is 1. The lowest BCUT2D eigenvalue weighted by Gasteiger charge is -2.22. The maximum Gasteiger partial charge on any atom is 0.344 e. The Kier molecular flexibility index (Phi) is 4.45. The van der Waals surface area contributed by atoms with E-state index in [2.05, 4.69) is 5.32 Å². The van der Waals surface area contributed by atoms with Crippen LogP contribution in [0.15, 0.2) is 18.2 Å². The van der Waals surface area contributed by atoms with E-state index < -0.39 is 17.9 Å². The first-order chi connectivity index (χ1) is 11.4. The van der Waals surface area contributed by atoms with Gasteiger partial charge in [0.2, 0.25) is 5.91 Å². The molecule has 24 heavy (non-hydrogen) atoms. The monoisotopic (exact) mass is 337 g/mol. The molecule has 1 aromatic carbocycles. The van der Waals surface area contributed by atoms with Crippen molar-refractivity contribution in [3.05, 3.63) is 24.0 Å². The van der Waals surface area contributed by atoms with E-state index in [4.69, 9.17) is 14.6 Å². The number of rotatable bonds is 5. The highest BCUT2D eigenvalue weighted by atomic mass is 19.1. The number of hydrogen-bond donors (Lipinski definition) is 2. The molecule has 1 aliphatic heterocycles. The number of carboxylic acids is 1. The summed E-state index contributed by atoms with van der Waals surface area (Å²) >= 11 is 0. The minimum Gasteiger partial charge on any atom is -0.479 e. The van der Waals surface area contributed by atoms with Crippen molar-refractivity contribution in [2.45, 2.75) is 32.3 Å². The highest BCUT2D eigenvalue weighted by Crippen LogP contribution is 2.59. The van der Waals surface area contributed by atoms with Crippen molar-refractivity contribution in [1.82, 2.24) is 0 Å². The molecule has 0 bridgehead atoms. The Balaban J connectivity index is 1.61. The zero-order valence-corrected chi connectivity index (χ0v) is 13.4. The smallest absolute Gasteiger partial charge is 0.344 e. The van der Waals surface area contributed by atoms with E-state index in [9.17, 15) is 14.0 Å². The van der Waals surface area contributed by atoms with Crippen LogP contribution in [0.5, 0.6) is 5.75 Å². The SMILES string of the molecule is CC(Oc1ccc(NC(=O)C2CC23CCOCC3)cc1F)C(=O)O. The molecule has 2 N–H and O–H groups in total. The predicted octanol–water partition coefficient (Wildman–Crippen LogP) is 2.43. The predicted molar refractivity (Wildman–Crippen MR) is 83.3 cm³/mol. The van der Waals surface area contributed by atoms with E-state index in [1.807, 2.05) is 0 Å². The maximum absolute atomic E-state index is 14.0. The van der Waals surface area contributed by atoms with Crippen LogP contribution in [0.2, 0.25) is 0 Å². The van der Waals surface area contributed by atoms with Crippen molar-refractivity contribution in [1.29, 1.82) is 0 Å². The molecule has 2 atom stereocenters. The Morgan fingerprint density at radius 2 is 2.12 bits per heavy atom. The fourth-order valence-electron chi connectivity index (χ4n) is 3.19. The van der Waals surface area contributed by atoms with Crippen LogP contribution in [0, 0.1) is 17.2 Å². The summed E-state index contributed by atoms with van der Waals surface area (Å²) in [6, 6.07) is 3.96. The zero-order valence-electron chi connectivity index (χ0n) is 13.4. The molecule has 2 unspecified atom stereocenters. The summed E-state index contributed by atoms with van der Waals surface area (Å²) in [7, 11) is 0. The standard InChI is InChI=1S/C17H20FNO5/c1-10(16(21)22)24-14-3-2-11(8-13(14)18)19-15(20)12-9-17(12)4-6-23-7-5-17/h2-3,8,10,12H,4-7,9H2,1H3,(H,19,20)(H,21,22). The van der Waals surface area contributed by atoms with Gasteiger partial charge in [-0.25, -0.2) is 9.18 Å². The third kappa shape index (κ3) is 3.36. The minimum absolute atomic E-state index is 0.0487. The molecule has 6 nitrogen and oxygen atoms in total. The summed E-state index contributed by atoms with van der Waals surface area (Å²) in [4.78, 5) is 23.1. The van der Waals surface area contributed by atoms with Crippen molar-refractivity contribution in [2.75, 3.05) is 18.5 Å². The van der Waals surface area contributed by atoms with Crippen LogP contribution in [-0.4, -0.2) is 36.3 Å². The Hall–Kier alpha value is -2.15. The first-order valence-corrected chi connectivity index (χ1v) is 7.99. The van der Waals surface area contributed by atoms with Crippen LogP contribution in [0.25, 0.3) is 0 Å². The van der Waals surface area contributed by atoms with Crippen molar-refractivity contribution < 1.29 is 28.6 Å². The highest BCUT2D eigenvalue weighted by molar-refractivity contribution is 5.95. The van der Waals surface area contributed by atoms with E-state index in [0.717, 1.165) is 25.3 Å². The van der Waals surface area contributed by atoms with Gasteiger partial charge in [0.1, 0.15) is 0 Å². The Bertz CT molecular complexity index is 656. The summed E-state index contributed by atoms with van der Waals surface area (Å²) < 4.78 is 24.4. The highest BCUT2D eigenvalue weighted by Gasteiger charge is 2.57. The summed E-state index contributed by atoms with van der Waals surface area (Å²) in [6.45, 7) is 2.69. The number of carboxylic acid groups (broad SMARTS) is 1. The molecule has 7 heteroatoms. The third-order valence-corrected chi connectivity index (χ3v) is 4.85. The van der Waals surface area contributed by atoms with Gasteiger partial charge in [0, 0.05) is 30.9 Å². The molecule has 1 spiro atoms. The van der Waals surface area contributed by atoms with E-state index in [1.54, 1.807) is 0 Å². The van der Waals surface area contributed by atoms with Gasteiger partial charge in [0.25, 0.3) is 0 Å². The molecule has 1 aromatic rings. The van der Waals surface area contributed by atoms with Gasteiger partial charge < -0.3 is 19.9 Å². The van der Waals surface area contributed by atoms with Gasteiger partial charge in [-0.1, -0.05) is 0 Å². The summed E-state index contributed by atoms with van der Waals surface area (Å²) in [5, 5.41) is 11.5. The fraction of sp³-hybridized carbons (Fsp3) is 0.529. The van der Waals surface area contributed by atoms with Gasteiger partial charge in [0.15, 0.2) is 17.7 Å². The molecular formula is C17H20FNO5. The molecule has 1 aliphatic carbocycles. The molecule has 1 saturated heterocycles. The van der Waals surface area contributed by atoms with Crippen LogP contribution in [0.4, 0.5) is 10.1 Å². The number of aliphatic carboxylic acids is 1. The van der Waals surface area contributed by atoms with Gasteiger partial charge in [0.05, 0.1) is 0 Å². The fourth-order valence-corrected chi connectivity index (χ4v) is 3.19. The lowest BCUT2D eigenvalue weighted by Crippen LogP contribution is -2.24. The molecule has 1 heterocycles. The molecule has 1 amide bonds. The van der Waals surface area contributed by atoms with Crippen molar-refractivity contribution in [3.63, 3.8) is 0 Å². The van der Waals surface area contributed by atoms with Crippen LogP contribution in [-0.2, 0) is 14.3 Å². The topological polar surface area (TPSA) is 84.9 Å². The van der Waals surface area contributed by atoms with Crippen LogP contribution < -0.4 is 10.1 Å². The molecule has 0 radical (unpaired) electrons. The van der Waals surface area contributed by atoms with Gasteiger partial charge in [-0.3, -0.25) is 4.79 Å².